The number of hydrogen-bond acceptors (Lipinski definition) is 3. The number of anilines is 1. The number of hydrogen-bond donors (Lipinski definition) is 2. The lowest BCUT2D eigenvalue weighted by Crippen LogP contribution is -2.35. The van der Waals surface area contributed by atoms with Crippen LogP contribution in [0.3, 0.4) is 0 Å². The number of carbonyl (C=O) groups excluding carboxylic acids is 1. The lowest BCUT2D eigenvalue weighted by Gasteiger charge is -2.12. The average molecular weight is 234 g/mol. The third-order valence-corrected chi connectivity index (χ3v) is 2.79. The molecule has 1 aromatic rings. The molecule has 0 radical (unpaired) electrons. The Morgan fingerprint density at radius 2 is 2.47 bits per heavy atom. The van der Waals surface area contributed by atoms with Crippen LogP contribution in [0, 0.1) is 0 Å². The molecule has 1 atom stereocenters. The first-order valence-electron chi connectivity index (χ1n) is 6.06. The minimum Gasteiger partial charge on any atom is -0.494 e. The van der Waals surface area contributed by atoms with Gasteiger partial charge in [0.2, 0.25) is 5.91 Å². The Balaban J connectivity index is 1.97. The van der Waals surface area contributed by atoms with Crippen LogP contribution in [0.25, 0.3) is 0 Å². The van der Waals surface area contributed by atoms with Crippen LogP contribution in [0.1, 0.15) is 19.8 Å². The van der Waals surface area contributed by atoms with Crippen LogP contribution >= 0.6 is 0 Å². The molecule has 0 spiro atoms. The fourth-order valence-electron chi connectivity index (χ4n) is 1.97. The van der Waals surface area contributed by atoms with E-state index in [2.05, 4.69) is 10.6 Å². The molecule has 0 aliphatic carbocycles. The molecule has 1 heterocycles. The lowest BCUT2D eigenvalue weighted by atomic mass is 10.2. The maximum atomic E-state index is 11.9. The smallest absolute Gasteiger partial charge is 0.241 e. The monoisotopic (exact) mass is 234 g/mol. The zero-order chi connectivity index (χ0) is 12.1. The summed E-state index contributed by atoms with van der Waals surface area (Å²) in [4.78, 5) is 11.9. The molecule has 0 unspecified atom stereocenters. The third-order valence-electron chi connectivity index (χ3n) is 2.79. The second kappa shape index (κ2) is 5.68. The molecule has 1 amide bonds. The van der Waals surface area contributed by atoms with Crippen LogP contribution in [0.4, 0.5) is 5.69 Å². The number of amides is 1. The van der Waals surface area contributed by atoms with E-state index < -0.39 is 0 Å². The van der Waals surface area contributed by atoms with Crippen molar-refractivity contribution in [2.75, 3.05) is 18.5 Å². The van der Waals surface area contributed by atoms with Crippen molar-refractivity contribution in [1.82, 2.24) is 5.32 Å². The summed E-state index contributed by atoms with van der Waals surface area (Å²) in [5, 5.41) is 6.07. The standard InChI is InChI=1S/C13H18N2O2/c1-2-17-11-6-3-5-10(9-11)15-13(16)12-7-4-8-14-12/h3,5-6,9,12,14H,2,4,7-8H2,1H3,(H,15,16)/t12-/m0/s1. The third kappa shape index (κ3) is 3.20. The minimum atomic E-state index is -0.0502. The first-order chi connectivity index (χ1) is 8.29. The minimum absolute atomic E-state index is 0.0381. The summed E-state index contributed by atoms with van der Waals surface area (Å²) in [5.41, 5.74) is 0.787. The fourth-order valence-corrected chi connectivity index (χ4v) is 1.97. The largest absolute Gasteiger partial charge is 0.494 e. The van der Waals surface area contributed by atoms with Crippen molar-refractivity contribution in [3.63, 3.8) is 0 Å². The van der Waals surface area contributed by atoms with Gasteiger partial charge in [0.15, 0.2) is 0 Å². The second-order valence-corrected chi connectivity index (χ2v) is 4.10. The van der Waals surface area contributed by atoms with Crippen LogP contribution in [0.5, 0.6) is 5.75 Å². The van der Waals surface area contributed by atoms with E-state index in [4.69, 9.17) is 4.74 Å². The van der Waals surface area contributed by atoms with Crippen molar-refractivity contribution in [2.45, 2.75) is 25.8 Å². The Bertz CT molecular complexity index is 387. The van der Waals surface area contributed by atoms with Gasteiger partial charge in [-0.05, 0) is 38.4 Å². The van der Waals surface area contributed by atoms with Gasteiger partial charge in [-0.2, -0.15) is 0 Å². The van der Waals surface area contributed by atoms with Crippen LogP contribution < -0.4 is 15.4 Å². The normalized spacial score (nSPS) is 19.0. The summed E-state index contributed by atoms with van der Waals surface area (Å²) in [5.74, 6) is 0.820. The summed E-state index contributed by atoms with van der Waals surface area (Å²) >= 11 is 0. The molecular weight excluding hydrogens is 216 g/mol. The number of nitrogens with one attached hydrogen (secondary N) is 2. The van der Waals surface area contributed by atoms with Crippen LogP contribution in [0.15, 0.2) is 24.3 Å². The van der Waals surface area contributed by atoms with E-state index in [0.29, 0.717) is 6.61 Å². The molecule has 1 saturated heterocycles. The highest BCUT2D eigenvalue weighted by Gasteiger charge is 2.21. The van der Waals surface area contributed by atoms with Crippen LogP contribution in [-0.2, 0) is 4.79 Å². The molecule has 2 N–H and O–H groups in total. The average Bonchev–Trinajstić information content (AvgIpc) is 2.83. The van der Waals surface area contributed by atoms with E-state index in [-0.39, 0.29) is 11.9 Å². The molecule has 1 fully saturated rings. The van der Waals surface area contributed by atoms with Gasteiger partial charge < -0.3 is 15.4 Å². The molecule has 0 saturated carbocycles. The number of carbonyl (C=O) groups is 1. The van der Waals surface area contributed by atoms with E-state index >= 15 is 0 Å². The SMILES string of the molecule is CCOc1cccc(NC(=O)[C@@H]2CCCN2)c1. The highest BCUT2D eigenvalue weighted by molar-refractivity contribution is 5.95. The van der Waals surface area contributed by atoms with Crippen LogP contribution in [-0.4, -0.2) is 25.1 Å². The molecule has 4 heteroatoms. The van der Waals surface area contributed by atoms with Crippen molar-refractivity contribution in [2.24, 2.45) is 0 Å². The van der Waals surface area contributed by atoms with Gasteiger partial charge in [-0.1, -0.05) is 6.07 Å². The van der Waals surface area contributed by atoms with Gasteiger partial charge >= 0.3 is 0 Å². The zero-order valence-corrected chi connectivity index (χ0v) is 10.0. The van der Waals surface area contributed by atoms with E-state index in [1.54, 1.807) is 0 Å². The van der Waals surface area contributed by atoms with Gasteiger partial charge in [-0.15, -0.1) is 0 Å². The summed E-state index contributed by atoms with van der Waals surface area (Å²) in [6, 6.07) is 7.42. The summed E-state index contributed by atoms with van der Waals surface area (Å²) in [6.45, 7) is 3.49. The second-order valence-electron chi connectivity index (χ2n) is 4.10. The molecule has 1 aliphatic heterocycles. The first-order valence-corrected chi connectivity index (χ1v) is 6.06. The highest BCUT2D eigenvalue weighted by atomic mass is 16.5. The van der Waals surface area contributed by atoms with E-state index in [9.17, 15) is 4.79 Å². The van der Waals surface area contributed by atoms with E-state index in [0.717, 1.165) is 30.8 Å². The summed E-state index contributed by atoms with van der Waals surface area (Å²) < 4.78 is 5.39. The number of ether oxygens (including phenoxy) is 1. The zero-order valence-electron chi connectivity index (χ0n) is 10.0. The van der Waals surface area contributed by atoms with Crippen molar-refractivity contribution < 1.29 is 9.53 Å². The highest BCUT2D eigenvalue weighted by Crippen LogP contribution is 2.18. The molecule has 92 valence electrons. The lowest BCUT2D eigenvalue weighted by molar-refractivity contribution is -0.117. The van der Waals surface area contributed by atoms with Gasteiger partial charge in [-0.25, -0.2) is 0 Å². The topological polar surface area (TPSA) is 50.4 Å². The number of benzene rings is 1. The van der Waals surface area contributed by atoms with Gasteiger partial charge in [0, 0.05) is 11.8 Å². The van der Waals surface area contributed by atoms with E-state index in [1.807, 2.05) is 31.2 Å². The molecule has 17 heavy (non-hydrogen) atoms. The molecule has 1 aromatic carbocycles. The van der Waals surface area contributed by atoms with Gasteiger partial charge in [0.25, 0.3) is 0 Å². The van der Waals surface area contributed by atoms with E-state index in [1.165, 1.54) is 0 Å². The summed E-state index contributed by atoms with van der Waals surface area (Å²) in [6.07, 6.45) is 1.98. The Hall–Kier alpha value is -1.55. The molecule has 0 bridgehead atoms. The molecule has 1 aliphatic rings. The maximum Gasteiger partial charge on any atom is 0.241 e. The predicted octanol–water partition coefficient (Wildman–Crippen LogP) is 1.78. The molecule has 4 nitrogen and oxygen atoms in total. The van der Waals surface area contributed by atoms with Gasteiger partial charge in [0.05, 0.1) is 12.6 Å². The first kappa shape index (κ1) is 11.9. The molecule has 0 aromatic heterocycles. The van der Waals surface area contributed by atoms with Crippen molar-refractivity contribution in [1.29, 1.82) is 0 Å². The quantitative estimate of drug-likeness (QED) is 0.835. The Morgan fingerprint density at radius 3 is 3.18 bits per heavy atom. The Morgan fingerprint density at radius 1 is 1.59 bits per heavy atom. The fraction of sp³-hybridized carbons (Fsp3) is 0.462. The van der Waals surface area contributed by atoms with Gasteiger partial charge in [-0.3, -0.25) is 4.79 Å². The predicted molar refractivity (Wildman–Crippen MR) is 67.3 cm³/mol. The summed E-state index contributed by atoms with van der Waals surface area (Å²) in [7, 11) is 0. The van der Waals surface area contributed by atoms with Crippen molar-refractivity contribution in [3.05, 3.63) is 24.3 Å². The number of rotatable bonds is 4. The van der Waals surface area contributed by atoms with Crippen LogP contribution in [0.2, 0.25) is 0 Å². The van der Waals surface area contributed by atoms with Crippen molar-refractivity contribution in [3.8, 4) is 5.75 Å². The Labute approximate surface area is 101 Å². The van der Waals surface area contributed by atoms with Gasteiger partial charge in [0.1, 0.15) is 5.75 Å². The molecule has 2 rings (SSSR count). The Kier molecular flexibility index (Phi) is 3.98. The maximum absolute atomic E-state index is 11.9. The van der Waals surface area contributed by atoms with Crippen molar-refractivity contribution >= 4 is 11.6 Å². The molecular formula is C13H18N2O2.